The van der Waals surface area contributed by atoms with E-state index in [0.29, 0.717) is 17.1 Å². The van der Waals surface area contributed by atoms with Crippen molar-refractivity contribution in [2.24, 2.45) is 13.0 Å². The summed E-state index contributed by atoms with van der Waals surface area (Å²) in [6, 6.07) is 2.48. The number of halogens is 3. The average molecular weight is 488 g/mol. The summed E-state index contributed by atoms with van der Waals surface area (Å²) in [6.07, 6.45) is -3.31. The highest BCUT2D eigenvalue weighted by Crippen LogP contribution is 2.32. The topological polar surface area (TPSA) is 108 Å². The monoisotopic (exact) mass is 487 g/mol. The molecule has 0 aliphatic rings. The summed E-state index contributed by atoms with van der Waals surface area (Å²) >= 11 is 0. The molecule has 3 heterocycles. The predicted octanol–water partition coefficient (Wildman–Crippen LogP) is 3.34. The van der Waals surface area contributed by atoms with Crippen LogP contribution in [0.4, 0.5) is 18.0 Å². The van der Waals surface area contributed by atoms with E-state index >= 15 is 0 Å². The van der Waals surface area contributed by atoms with Gasteiger partial charge in [0.2, 0.25) is 0 Å². The molecular formula is C20H24F3N5O4S. The van der Waals surface area contributed by atoms with Gasteiger partial charge in [0.05, 0.1) is 17.0 Å². The fraction of sp³-hybridized carbons (Fsp3) is 0.450. The molecule has 0 saturated carbocycles. The lowest BCUT2D eigenvalue weighted by atomic mass is 10.2. The molecule has 180 valence electrons. The second kappa shape index (κ2) is 9.04. The summed E-state index contributed by atoms with van der Waals surface area (Å²) in [7, 11) is -2.55. The first-order valence-corrected chi connectivity index (χ1v) is 11.6. The fourth-order valence-corrected chi connectivity index (χ4v) is 4.16. The summed E-state index contributed by atoms with van der Waals surface area (Å²) in [5.41, 5.74) is 0.458. The van der Waals surface area contributed by atoms with Crippen LogP contribution in [0.1, 0.15) is 30.7 Å². The van der Waals surface area contributed by atoms with Gasteiger partial charge in [0.15, 0.2) is 0 Å². The van der Waals surface area contributed by atoms with E-state index in [1.165, 1.54) is 10.7 Å². The number of hydrogen-bond acceptors (Lipinski definition) is 6. The molecule has 3 aromatic heterocycles. The van der Waals surface area contributed by atoms with Crippen molar-refractivity contribution in [3.8, 4) is 5.82 Å². The van der Waals surface area contributed by atoms with Crippen molar-refractivity contribution in [1.82, 2.24) is 24.6 Å². The molecule has 0 aromatic carbocycles. The smallest absolute Gasteiger partial charge is 0.328 e. The van der Waals surface area contributed by atoms with E-state index in [9.17, 15) is 26.4 Å². The predicted molar refractivity (Wildman–Crippen MR) is 114 cm³/mol. The van der Waals surface area contributed by atoms with Gasteiger partial charge in [0, 0.05) is 36.9 Å². The molecular weight excluding hydrogens is 463 g/mol. The van der Waals surface area contributed by atoms with Gasteiger partial charge >= 0.3 is 22.4 Å². The van der Waals surface area contributed by atoms with Crippen molar-refractivity contribution < 1.29 is 30.6 Å². The number of fused-ring (bicyclic) bond motifs is 1. The number of aromatic nitrogens is 4. The van der Waals surface area contributed by atoms with E-state index in [-0.39, 0.29) is 29.9 Å². The lowest BCUT2D eigenvalue weighted by Gasteiger charge is -2.11. The summed E-state index contributed by atoms with van der Waals surface area (Å²) in [6.45, 7) is 5.66. The van der Waals surface area contributed by atoms with E-state index in [0.717, 1.165) is 12.3 Å². The van der Waals surface area contributed by atoms with E-state index in [1.807, 2.05) is 13.8 Å². The fourth-order valence-electron chi connectivity index (χ4n) is 3.33. The molecule has 3 aromatic rings. The number of aryl methyl sites for hydroxylation is 2. The molecule has 0 radical (unpaired) electrons. The molecule has 33 heavy (non-hydrogen) atoms. The van der Waals surface area contributed by atoms with Crippen LogP contribution in [-0.2, 0) is 33.9 Å². The highest BCUT2D eigenvalue weighted by atomic mass is 32.2. The Bertz CT molecular complexity index is 1280. The molecule has 0 aliphatic carbocycles. The maximum atomic E-state index is 13.0. The molecule has 3 rings (SSSR count). The van der Waals surface area contributed by atoms with Gasteiger partial charge in [-0.05, 0) is 31.4 Å². The van der Waals surface area contributed by atoms with Crippen molar-refractivity contribution in [1.29, 1.82) is 0 Å². The third-order valence-corrected chi connectivity index (χ3v) is 5.96. The maximum absolute atomic E-state index is 13.0. The molecule has 0 aliphatic heterocycles. The number of carbonyl (C=O) groups is 1. The van der Waals surface area contributed by atoms with Crippen LogP contribution < -0.4 is 5.32 Å². The van der Waals surface area contributed by atoms with Gasteiger partial charge in [0.25, 0.3) is 0 Å². The van der Waals surface area contributed by atoms with Crippen molar-refractivity contribution >= 4 is 27.2 Å². The zero-order valence-electron chi connectivity index (χ0n) is 18.5. The Morgan fingerprint density at radius 3 is 2.64 bits per heavy atom. The summed E-state index contributed by atoms with van der Waals surface area (Å²) in [5, 5.41) is 6.96. The minimum atomic E-state index is -4.52. The second-order valence-electron chi connectivity index (χ2n) is 7.99. The lowest BCUT2D eigenvalue weighted by molar-refractivity contribution is -0.137. The average Bonchev–Trinajstić information content (AvgIpc) is 3.22. The van der Waals surface area contributed by atoms with Gasteiger partial charge in [-0.3, -0.25) is 9.25 Å². The Morgan fingerprint density at radius 2 is 2.00 bits per heavy atom. The van der Waals surface area contributed by atoms with Crippen molar-refractivity contribution in [3.05, 3.63) is 41.3 Å². The highest BCUT2D eigenvalue weighted by Gasteiger charge is 2.31. The lowest BCUT2D eigenvalue weighted by Crippen LogP contribution is -2.31. The van der Waals surface area contributed by atoms with E-state index < -0.39 is 33.7 Å². The molecule has 0 fully saturated rings. The third-order valence-electron chi connectivity index (χ3n) is 4.85. The number of alkyl halides is 3. The van der Waals surface area contributed by atoms with Gasteiger partial charge in [0.1, 0.15) is 11.5 Å². The normalized spacial score (nSPS) is 12.5. The molecule has 1 N–H and O–H groups in total. The first-order valence-electron chi connectivity index (χ1n) is 10.1. The molecule has 9 nitrogen and oxygen atoms in total. The third kappa shape index (κ3) is 5.64. The molecule has 0 unspecified atom stereocenters. The standard InChI is InChI=1S/C20H24F3N5O4S/c1-12(2)10-25-19(29)32-33(30,31)8-6-16-13(3)26-27(4)18(16)28-7-5-14-9-15(20(21,22)23)11-24-17(14)28/h5,7,9,11-12H,6,8,10H2,1-4H3,(H,25,29). The van der Waals surface area contributed by atoms with E-state index in [1.54, 1.807) is 24.7 Å². The first kappa shape index (κ1) is 24.6. The summed E-state index contributed by atoms with van der Waals surface area (Å²) in [4.78, 5) is 15.7. The number of rotatable bonds is 7. The Morgan fingerprint density at radius 1 is 1.30 bits per heavy atom. The summed E-state index contributed by atoms with van der Waals surface area (Å²) in [5.74, 6) is 0.0826. The van der Waals surface area contributed by atoms with Gasteiger partial charge in [-0.2, -0.15) is 26.7 Å². The quantitative estimate of drug-likeness (QED) is 0.512. The van der Waals surface area contributed by atoms with Gasteiger partial charge < -0.3 is 9.50 Å². The minimum Gasteiger partial charge on any atom is -0.328 e. The number of nitrogens with zero attached hydrogens (tertiary/aromatic N) is 4. The van der Waals surface area contributed by atoms with E-state index in [4.69, 9.17) is 0 Å². The van der Waals surface area contributed by atoms with Crippen molar-refractivity contribution in [2.45, 2.75) is 33.4 Å². The zero-order chi connectivity index (χ0) is 24.6. The molecule has 0 saturated heterocycles. The highest BCUT2D eigenvalue weighted by molar-refractivity contribution is 7.87. The van der Waals surface area contributed by atoms with E-state index in [2.05, 4.69) is 19.6 Å². The number of pyridine rings is 1. The van der Waals surface area contributed by atoms with Gasteiger partial charge in [-0.15, -0.1) is 0 Å². The molecule has 0 spiro atoms. The van der Waals surface area contributed by atoms with Crippen molar-refractivity contribution in [2.75, 3.05) is 12.3 Å². The Kier molecular flexibility index (Phi) is 6.73. The molecule has 0 atom stereocenters. The van der Waals surface area contributed by atoms with Crippen LogP contribution in [0.2, 0.25) is 0 Å². The van der Waals surface area contributed by atoms with Crippen LogP contribution >= 0.6 is 0 Å². The van der Waals surface area contributed by atoms with Crippen LogP contribution in [0.15, 0.2) is 24.5 Å². The molecule has 13 heteroatoms. The number of amides is 1. The van der Waals surface area contributed by atoms with Crippen LogP contribution in [-0.4, -0.2) is 46.1 Å². The maximum Gasteiger partial charge on any atom is 0.422 e. The van der Waals surface area contributed by atoms with Crippen LogP contribution in [0, 0.1) is 12.8 Å². The molecule has 0 bridgehead atoms. The van der Waals surface area contributed by atoms with Gasteiger partial charge in [-0.1, -0.05) is 13.8 Å². The van der Waals surface area contributed by atoms with Crippen molar-refractivity contribution in [3.63, 3.8) is 0 Å². The first-order chi connectivity index (χ1) is 15.3. The second-order valence-corrected chi connectivity index (χ2v) is 9.68. The Balaban J connectivity index is 1.87. The van der Waals surface area contributed by atoms with Crippen LogP contribution in [0.3, 0.4) is 0 Å². The number of carbonyl (C=O) groups excluding carboxylic acids is 1. The zero-order valence-corrected chi connectivity index (χ0v) is 19.3. The summed E-state index contributed by atoms with van der Waals surface area (Å²) < 4.78 is 71.2. The largest absolute Gasteiger partial charge is 0.422 e. The molecule has 1 amide bonds. The van der Waals surface area contributed by atoms with Crippen LogP contribution in [0.25, 0.3) is 16.9 Å². The SMILES string of the molecule is Cc1nn(C)c(-n2ccc3cc(C(F)(F)F)cnc32)c1CCS(=O)(=O)OC(=O)NCC(C)C. The van der Waals surface area contributed by atoms with Crippen LogP contribution in [0.5, 0.6) is 0 Å². The van der Waals surface area contributed by atoms with Gasteiger partial charge in [-0.25, -0.2) is 9.78 Å². The number of hydrogen-bond donors (Lipinski definition) is 1. The Hall–Kier alpha value is -3.09. The Labute approximate surface area is 188 Å². The minimum absolute atomic E-state index is 0.0326. The number of nitrogens with one attached hydrogen (secondary N) is 1.